The molecule has 0 atom stereocenters. The van der Waals surface area contributed by atoms with Gasteiger partial charge in [0.05, 0.1) is 10.6 Å². The molecule has 0 aliphatic carbocycles. The van der Waals surface area contributed by atoms with Crippen molar-refractivity contribution in [2.75, 3.05) is 0 Å². The molecule has 0 heterocycles. The van der Waals surface area contributed by atoms with Gasteiger partial charge >= 0.3 is 18.3 Å². The molecule has 0 saturated heterocycles. The Balaban J connectivity index is 6.75. The molecule has 0 fully saturated rings. The van der Waals surface area contributed by atoms with Crippen LogP contribution in [0.3, 0.4) is 0 Å². The lowest BCUT2D eigenvalue weighted by atomic mass is 9.98. The highest BCUT2D eigenvalue weighted by molar-refractivity contribution is 7.80. The lowest BCUT2D eigenvalue weighted by molar-refractivity contribution is -0.249. The summed E-state index contributed by atoms with van der Waals surface area (Å²) >= 11 is 4.23. The number of halogens is 8. The molecular weight excluding hydrogens is 344 g/mol. The lowest BCUT2D eigenvalue weighted by Gasteiger charge is -2.25. The van der Waals surface area contributed by atoms with Crippen LogP contribution in [0.25, 0.3) is 0 Å². The van der Waals surface area contributed by atoms with Crippen molar-refractivity contribution in [3.63, 3.8) is 0 Å². The van der Waals surface area contributed by atoms with Gasteiger partial charge in [-0.1, -0.05) is 18.8 Å². The second kappa shape index (κ2) is 6.31. The van der Waals surface area contributed by atoms with Gasteiger partial charge in [0.2, 0.25) is 0 Å². The van der Waals surface area contributed by atoms with Crippen molar-refractivity contribution in [3.8, 4) is 0 Å². The molecular formula is C11H10F8N2S. The topological polar surface area (TPSA) is 38.4 Å². The summed E-state index contributed by atoms with van der Waals surface area (Å²) in [6, 6.07) is 0. The first-order valence-electron chi connectivity index (χ1n) is 5.31. The van der Waals surface area contributed by atoms with Crippen LogP contribution in [0.4, 0.5) is 35.1 Å². The summed E-state index contributed by atoms with van der Waals surface area (Å²) in [6.45, 7) is 4.35. The van der Waals surface area contributed by atoms with Gasteiger partial charge < -0.3 is 5.73 Å². The molecule has 0 bridgehead atoms. The summed E-state index contributed by atoms with van der Waals surface area (Å²) in [5.74, 6) is -5.87. The second-order valence-electron chi connectivity index (χ2n) is 4.13. The van der Waals surface area contributed by atoms with Crippen LogP contribution in [0.1, 0.15) is 13.8 Å². The van der Waals surface area contributed by atoms with Crippen LogP contribution in [0.15, 0.2) is 28.4 Å². The molecule has 0 radical (unpaired) electrons. The standard InChI is InChI=1S/C11H10F8N2S/c1-4(2)21-7(9(12,13)11(17,18)19)6(10(14,15)16)5(3)8(20)22/h1H2,2-3H3,(H2,20,22)/b6-5-,21-7?. The summed E-state index contributed by atoms with van der Waals surface area (Å²) in [7, 11) is 0. The molecule has 0 saturated carbocycles. The molecule has 0 aliphatic heterocycles. The summed E-state index contributed by atoms with van der Waals surface area (Å²) in [5.41, 5.74) is -1.81. The van der Waals surface area contributed by atoms with Crippen LogP contribution in [-0.4, -0.2) is 29.0 Å². The molecule has 0 aromatic carbocycles. The van der Waals surface area contributed by atoms with E-state index >= 15 is 0 Å². The van der Waals surface area contributed by atoms with E-state index in [0.29, 0.717) is 6.92 Å². The molecule has 126 valence electrons. The maximum absolute atomic E-state index is 13.4. The smallest absolute Gasteiger partial charge is 0.390 e. The van der Waals surface area contributed by atoms with Crippen molar-refractivity contribution in [2.45, 2.75) is 32.1 Å². The van der Waals surface area contributed by atoms with Crippen molar-refractivity contribution in [1.29, 1.82) is 0 Å². The van der Waals surface area contributed by atoms with E-state index in [0.717, 1.165) is 6.92 Å². The zero-order chi connectivity index (χ0) is 18.1. The van der Waals surface area contributed by atoms with Crippen LogP contribution >= 0.6 is 12.2 Å². The molecule has 11 heteroatoms. The number of aliphatic imine (C=N–C) groups is 1. The number of nitrogens with two attached hydrogens (primary N) is 1. The normalized spacial score (nSPS) is 15.5. The third kappa shape index (κ3) is 4.49. The Labute approximate surface area is 125 Å². The summed E-state index contributed by atoms with van der Waals surface area (Å²) in [5, 5.41) is 0. The molecule has 22 heavy (non-hydrogen) atoms. The first kappa shape index (κ1) is 20.5. The highest BCUT2D eigenvalue weighted by Crippen LogP contribution is 2.43. The molecule has 0 aromatic heterocycles. The molecule has 0 amide bonds. The fourth-order valence-electron chi connectivity index (χ4n) is 1.26. The highest BCUT2D eigenvalue weighted by atomic mass is 32.1. The van der Waals surface area contributed by atoms with Crippen LogP contribution in [0, 0.1) is 0 Å². The molecule has 2 N–H and O–H groups in total. The fraction of sp³-hybridized carbons (Fsp3) is 0.455. The van der Waals surface area contributed by atoms with Gasteiger partial charge in [0.1, 0.15) is 5.71 Å². The minimum Gasteiger partial charge on any atom is -0.390 e. The van der Waals surface area contributed by atoms with Gasteiger partial charge in [-0.05, 0) is 19.4 Å². The van der Waals surface area contributed by atoms with Gasteiger partial charge in [0, 0.05) is 5.70 Å². The van der Waals surface area contributed by atoms with E-state index in [9.17, 15) is 35.1 Å². The number of thiocarbonyl (C=S) groups is 1. The zero-order valence-electron chi connectivity index (χ0n) is 11.2. The van der Waals surface area contributed by atoms with Crippen molar-refractivity contribution in [2.24, 2.45) is 10.7 Å². The number of rotatable bonds is 4. The van der Waals surface area contributed by atoms with Crippen LogP contribution < -0.4 is 5.73 Å². The largest absolute Gasteiger partial charge is 0.459 e. The van der Waals surface area contributed by atoms with Crippen LogP contribution in [0.5, 0.6) is 0 Å². The number of hydrogen-bond donors (Lipinski definition) is 1. The van der Waals surface area contributed by atoms with Crippen molar-refractivity contribution < 1.29 is 35.1 Å². The predicted molar refractivity (Wildman–Crippen MR) is 68.8 cm³/mol. The Bertz CT molecular complexity index is 539. The summed E-state index contributed by atoms with van der Waals surface area (Å²) < 4.78 is 103. The average molecular weight is 354 g/mol. The molecule has 2 nitrogen and oxygen atoms in total. The van der Waals surface area contributed by atoms with E-state index < -0.39 is 45.8 Å². The van der Waals surface area contributed by atoms with Gasteiger partial charge in [-0.25, -0.2) is 0 Å². The van der Waals surface area contributed by atoms with E-state index in [1.54, 1.807) is 0 Å². The van der Waals surface area contributed by atoms with Gasteiger partial charge in [0.15, 0.2) is 0 Å². The predicted octanol–water partition coefficient (Wildman–Crippen LogP) is 4.32. The molecule has 0 aliphatic rings. The Morgan fingerprint density at radius 2 is 1.41 bits per heavy atom. The first-order valence-corrected chi connectivity index (χ1v) is 5.71. The Kier molecular flexibility index (Phi) is 5.87. The summed E-state index contributed by atoms with van der Waals surface area (Å²) in [4.78, 5) is 1.66. The number of nitrogens with zero attached hydrogens (tertiary/aromatic N) is 1. The lowest BCUT2D eigenvalue weighted by Crippen LogP contribution is -2.47. The average Bonchev–Trinajstić information content (AvgIpc) is 2.23. The van der Waals surface area contributed by atoms with Gasteiger partial charge in [0.25, 0.3) is 0 Å². The Morgan fingerprint density at radius 1 is 1.00 bits per heavy atom. The monoisotopic (exact) mass is 354 g/mol. The molecule has 0 unspecified atom stereocenters. The highest BCUT2D eigenvalue weighted by Gasteiger charge is 2.64. The minimum atomic E-state index is -6.30. The maximum atomic E-state index is 13.4. The van der Waals surface area contributed by atoms with Gasteiger partial charge in [-0.15, -0.1) is 0 Å². The number of allylic oxidation sites excluding steroid dienone is 2. The Hall–Kier alpha value is -1.52. The van der Waals surface area contributed by atoms with E-state index in [1.165, 1.54) is 0 Å². The molecule has 0 aromatic rings. The van der Waals surface area contributed by atoms with Crippen molar-refractivity contribution in [1.82, 2.24) is 0 Å². The second-order valence-corrected chi connectivity index (χ2v) is 4.57. The third-order valence-electron chi connectivity index (χ3n) is 2.22. The summed E-state index contributed by atoms with van der Waals surface area (Å²) in [6.07, 6.45) is -11.9. The number of alkyl halides is 8. The fourth-order valence-corrected chi connectivity index (χ4v) is 1.36. The van der Waals surface area contributed by atoms with Crippen molar-refractivity contribution in [3.05, 3.63) is 23.4 Å². The molecule has 0 rings (SSSR count). The third-order valence-corrected chi connectivity index (χ3v) is 2.53. The minimum absolute atomic E-state index is 0.575. The van der Waals surface area contributed by atoms with E-state index in [4.69, 9.17) is 5.73 Å². The zero-order valence-corrected chi connectivity index (χ0v) is 12.0. The van der Waals surface area contributed by atoms with E-state index in [-0.39, 0.29) is 0 Å². The van der Waals surface area contributed by atoms with Gasteiger partial charge in [-0.2, -0.15) is 35.1 Å². The van der Waals surface area contributed by atoms with E-state index in [2.05, 4.69) is 23.8 Å². The SMILES string of the molecule is C=C(C)N=C(/C(=C(\C)C(N)=S)C(F)(F)F)C(F)(F)C(F)(F)F. The van der Waals surface area contributed by atoms with Crippen LogP contribution in [-0.2, 0) is 0 Å². The van der Waals surface area contributed by atoms with Crippen LogP contribution in [0.2, 0.25) is 0 Å². The Morgan fingerprint density at radius 3 is 1.64 bits per heavy atom. The van der Waals surface area contributed by atoms with Crippen molar-refractivity contribution >= 4 is 22.9 Å². The quantitative estimate of drug-likeness (QED) is 0.353. The van der Waals surface area contributed by atoms with Gasteiger partial charge in [-0.3, -0.25) is 4.99 Å². The molecule has 0 spiro atoms. The van der Waals surface area contributed by atoms with E-state index in [1.807, 2.05) is 0 Å². The number of hydrogen-bond acceptors (Lipinski definition) is 2. The first-order chi connectivity index (χ1) is 9.53. The maximum Gasteiger partial charge on any atom is 0.459 e.